The highest BCUT2D eigenvalue weighted by Gasteiger charge is 2.52. The topological polar surface area (TPSA) is 56.8 Å². The van der Waals surface area contributed by atoms with Crippen LogP contribution in [0.5, 0.6) is 0 Å². The van der Waals surface area contributed by atoms with Crippen LogP contribution in [0, 0.1) is 0 Å². The van der Waals surface area contributed by atoms with Crippen molar-refractivity contribution in [3.63, 3.8) is 0 Å². The highest BCUT2D eigenvalue weighted by atomic mass is 16.7. The number of carbonyl (C=O) groups is 1. The average molecular weight is 403 g/mol. The monoisotopic (exact) mass is 403 g/mol. The molecule has 4 rings (SSSR count). The van der Waals surface area contributed by atoms with Gasteiger partial charge in [-0.15, -0.1) is 0 Å². The lowest BCUT2D eigenvalue weighted by atomic mass is 9.76. The minimum Gasteiger partial charge on any atom is -0.444 e. The molecule has 0 radical (unpaired) electrons. The normalized spacial score (nSPS) is 17.1. The molecule has 3 aromatic carbocycles. The number of benzene rings is 3. The van der Waals surface area contributed by atoms with Crippen LogP contribution in [0.3, 0.4) is 0 Å². The molecule has 0 aliphatic carbocycles. The molecule has 0 saturated carbocycles. The maximum Gasteiger partial charge on any atom is 0.495 e. The molecule has 1 N–H and O–H groups in total. The Balaban J connectivity index is 1.56. The van der Waals surface area contributed by atoms with Gasteiger partial charge in [0.05, 0.1) is 16.9 Å². The van der Waals surface area contributed by atoms with Gasteiger partial charge in [-0.25, -0.2) is 4.79 Å². The predicted molar refractivity (Wildman–Crippen MR) is 120 cm³/mol. The number of carbonyl (C=O) groups excluding carboxylic acids is 1. The van der Waals surface area contributed by atoms with Crippen molar-refractivity contribution in [3.05, 3.63) is 72.3 Å². The Labute approximate surface area is 177 Å². The van der Waals surface area contributed by atoms with Gasteiger partial charge in [0.15, 0.2) is 0 Å². The molecule has 0 atom stereocenters. The number of hydrogen-bond donors (Lipinski definition) is 1. The van der Waals surface area contributed by atoms with Gasteiger partial charge < -0.3 is 14.0 Å². The van der Waals surface area contributed by atoms with E-state index in [1.165, 1.54) is 0 Å². The first-order chi connectivity index (χ1) is 14.3. The van der Waals surface area contributed by atoms with Crippen LogP contribution in [0.15, 0.2) is 66.7 Å². The lowest BCUT2D eigenvalue weighted by Gasteiger charge is -2.32. The lowest BCUT2D eigenvalue weighted by Crippen LogP contribution is -2.41. The van der Waals surface area contributed by atoms with Gasteiger partial charge in [-0.1, -0.05) is 60.7 Å². The number of amides is 1. The van der Waals surface area contributed by atoms with E-state index < -0.39 is 24.4 Å². The molecular formula is C24H26BNO4. The fourth-order valence-electron chi connectivity index (χ4n) is 3.48. The molecule has 0 unspecified atom stereocenters. The summed E-state index contributed by atoms with van der Waals surface area (Å²) < 4.78 is 17.8. The molecule has 0 bridgehead atoms. The zero-order chi connectivity index (χ0) is 21.4. The van der Waals surface area contributed by atoms with Crippen LogP contribution in [0.1, 0.15) is 33.3 Å². The van der Waals surface area contributed by atoms with E-state index in [0.29, 0.717) is 5.69 Å². The van der Waals surface area contributed by atoms with Gasteiger partial charge in [-0.2, -0.15) is 0 Å². The van der Waals surface area contributed by atoms with Crippen molar-refractivity contribution in [2.75, 3.05) is 5.32 Å². The summed E-state index contributed by atoms with van der Waals surface area (Å²) in [4.78, 5) is 12.4. The SMILES string of the molecule is CC1(C)OB(c2ccc(NC(=O)OCc3ccccc3)c3ccccc23)OC1(C)C. The summed E-state index contributed by atoms with van der Waals surface area (Å²) in [7, 11) is -0.473. The van der Waals surface area contributed by atoms with E-state index in [-0.39, 0.29) is 6.61 Å². The van der Waals surface area contributed by atoms with E-state index in [4.69, 9.17) is 14.0 Å². The van der Waals surface area contributed by atoms with Gasteiger partial charge in [-0.05, 0) is 50.2 Å². The van der Waals surface area contributed by atoms with Crippen LogP contribution in [-0.2, 0) is 20.7 Å². The average Bonchev–Trinajstić information content (AvgIpc) is 2.94. The van der Waals surface area contributed by atoms with Gasteiger partial charge in [0.1, 0.15) is 6.61 Å². The molecule has 154 valence electrons. The quantitative estimate of drug-likeness (QED) is 0.631. The predicted octanol–water partition coefficient (Wildman–Crippen LogP) is 4.89. The Morgan fingerprint density at radius 2 is 1.47 bits per heavy atom. The third-order valence-corrected chi connectivity index (χ3v) is 5.91. The fraction of sp³-hybridized carbons (Fsp3) is 0.292. The van der Waals surface area contributed by atoms with Crippen LogP contribution in [0.2, 0.25) is 0 Å². The third-order valence-electron chi connectivity index (χ3n) is 5.91. The van der Waals surface area contributed by atoms with Crippen LogP contribution in [0.25, 0.3) is 10.8 Å². The Bertz CT molecular complexity index is 1050. The lowest BCUT2D eigenvalue weighted by molar-refractivity contribution is 0.00578. The van der Waals surface area contributed by atoms with Gasteiger partial charge in [0.25, 0.3) is 0 Å². The van der Waals surface area contributed by atoms with Gasteiger partial charge >= 0.3 is 13.2 Å². The second-order valence-corrected chi connectivity index (χ2v) is 8.52. The highest BCUT2D eigenvalue weighted by molar-refractivity contribution is 6.65. The van der Waals surface area contributed by atoms with Crippen molar-refractivity contribution in [1.82, 2.24) is 0 Å². The number of nitrogens with one attached hydrogen (secondary N) is 1. The van der Waals surface area contributed by atoms with Gasteiger partial charge in [-0.3, -0.25) is 5.32 Å². The minimum absolute atomic E-state index is 0.219. The van der Waals surface area contributed by atoms with Crippen molar-refractivity contribution >= 4 is 35.1 Å². The number of hydrogen-bond acceptors (Lipinski definition) is 4. The Hall–Kier alpha value is -2.83. The van der Waals surface area contributed by atoms with E-state index >= 15 is 0 Å². The molecule has 1 saturated heterocycles. The minimum atomic E-state index is -0.493. The molecule has 1 amide bonds. The van der Waals surface area contributed by atoms with Crippen molar-refractivity contribution in [2.24, 2.45) is 0 Å². The van der Waals surface area contributed by atoms with E-state index in [1.807, 2.05) is 94.4 Å². The molecule has 3 aromatic rings. The molecular weight excluding hydrogens is 377 g/mol. The zero-order valence-electron chi connectivity index (χ0n) is 17.8. The van der Waals surface area contributed by atoms with Crippen molar-refractivity contribution in [3.8, 4) is 0 Å². The van der Waals surface area contributed by atoms with E-state index in [9.17, 15) is 4.79 Å². The molecule has 1 aliphatic rings. The van der Waals surface area contributed by atoms with E-state index in [0.717, 1.165) is 21.8 Å². The number of rotatable bonds is 4. The summed E-state index contributed by atoms with van der Waals surface area (Å²) in [5, 5.41) is 4.74. The Kier molecular flexibility index (Phi) is 5.30. The van der Waals surface area contributed by atoms with Gasteiger partial charge in [0.2, 0.25) is 0 Å². The largest absolute Gasteiger partial charge is 0.495 e. The summed E-state index contributed by atoms with van der Waals surface area (Å²) in [6.07, 6.45) is -0.493. The summed E-state index contributed by atoms with van der Waals surface area (Å²) in [5.74, 6) is 0. The second kappa shape index (κ2) is 7.78. The molecule has 5 nitrogen and oxygen atoms in total. The van der Waals surface area contributed by atoms with Crippen LogP contribution in [0.4, 0.5) is 10.5 Å². The van der Waals surface area contributed by atoms with E-state index in [2.05, 4.69) is 5.32 Å². The van der Waals surface area contributed by atoms with Crippen LogP contribution >= 0.6 is 0 Å². The first-order valence-corrected chi connectivity index (χ1v) is 10.1. The maximum atomic E-state index is 12.4. The van der Waals surface area contributed by atoms with Crippen molar-refractivity contribution in [1.29, 1.82) is 0 Å². The molecule has 0 spiro atoms. The van der Waals surface area contributed by atoms with Crippen molar-refractivity contribution in [2.45, 2.75) is 45.5 Å². The van der Waals surface area contributed by atoms with Crippen LogP contribution < -0.4 is 10.8 Å². The summed E-state index contributed by atoms with van der Waals surface area (Å²) in [5.41, 5.74) is 1.72. The molecule has 30 heavy (non-hydrogen) atoms. The number of anilines is 1. The smallest absolute Gasteiger partial charge is 0.444 e. The highest BCUT2D eigenvalue weighted by Crippen LogP contribution is 2.37. The number of ether oxygens (including phenoxy) is 1. The summed E-state index contributed by atoms with van der Waals surface area (Å²) in [6.45, 7) is 8.36. The van der Waals surface area contributed by atoms with Gasteiger partial charge in [0, 0.05) is 5.39 Å². The molecule has 1 aliphatic heterocycles. The van der Waals surface area contributed by atoms with Crippen molar-refractivity contribution < 1.29 is 18.8 Å². The first-order valence-electron chi connectivity index (χ1n) is 10.1. The van der Waals surface area contributed by atoms with Crippen LogP contribution in [-0.4, -0.2) is 24.4 Å². The molecule has 0 aromatic heterocycles. The molecule has 1 heterocycles. The zero-order valence-corrected chi connectivity index (χ0v) is 17.8. The first kappa shape index (κ1) is 20.4. The maximum absolute atomic E-state index is 12.4. The second-order valence-electron chi connectivity index (χ2n) is 8.52. The summed E-state index contributed by atoms with van der Waals surface area (Å²) >= 11 is 0. The number of fused-ring (bicyclic) bond motifs is 1. The van der Waals surface area contributed by atoms with E-state index in [1.54, 1.807) is 0 Å². The third kappa shape index (κ3) is 3.93. The molecule has 1 fully saturated rings. The Morgan fingerprint density at radius 3 is 2.13 bits per heavy atom. The summed E-state index contributed by atoms with van der Waals surface area (Å²) in [6, 6.07) is 21.3. The Morgan fingerprint density at radius 1 is 0.867 bits per heavy atom. The fourth-order valence-corrected chi connectivity index (χ4v) is 3.48. The standard InChI is InChI=1S/C24H26BNO4/c1-23(2)24(3,4)30-25(29-23)20-14-15-21(19-13-9-8-12-18(19)20)26-22(27)28-16-17-10-6-5-7-11-17/h5-15H,16H2,1-4H3,(H,26,27). The molecule has 6 heteroatoms.